The molecule has 0 saturated heterocycles. The van der Waals surface area contributed by atoms with Crippen LogP contribution in [-0.2, 0) is 6.54 Å². The van der Waals surface area contributed by atoms with Crippen molar-refractivity contribution in [3.8, 4) is 0 Å². The number of hydrogen-bond donors (Lipinski definition) is 1. The molecule has 1 saturated carbocycles. The fourth-order valence-corrected chi connectivity index (χ4v) is 2.10. The minimum Gasteiger partial charge on any atom is -0.478 e. The molecule has 0 atom stereocenters. The van der Waals surface area contributed by atoms with Gasteiger partial charge in [0.05, 0.1) is 5.56 Å². The third kappa shape index (κ3) is 3.29. The fraction of sp³-hybridized carbons (Fsp3) is 0.500. The molecule has 2 rings (SSSR count). The number of carboxylic acids is 1. The van der Waals surface area contributed by atoms with Gasteiger partial charge in [0.1, 0.15) is 5.82 Å². The minimum absolute atomic E-state index is 0.0734. The first kappa shape index (κ1) is 13.0. The molecule has 18 heavy (non-hydrogen) atoms. The van der Waals surface area contributed by atoms with E-state index < -0.39 is 11.8 Å². The Morgan fingerprint density at radius 1 is 1.50 bits per heavy atom. The Hall–Kier alpha value is -1.42. The van der Waals surface area contributed by atoms with E-state index in [-0.39, 0.29) is 5.56 Å². The van der Waals surface area contributed by atoms with E-state index in [0.717, 1.165) is 25.1 Å². The second kappa shape index (κ2) is 5.48. The van der Waals surface area contributed by atoms with E-state index in [2.05, 4.69) is 11.8 Å². The Balaban J connectivity index is 2.13. The highest BCUT2D eigenvalue weighted by atomic mass is 19.1. The number of hydrogen-bond acceptors (Lipinski definition) is 2. The van der Waals surface area contributed by atoms with Crippen molar-refractivity contribution in [2.45, 2.75) is 26.3 Å². The van der Waals surface area contributed by atoms with Gasteiger partial charge in [-0.1, -0.05) is 13.0 Å². The van der Waals surface area contributed by atoms with Crippen LogP contribution in [0.1, 0.15) is 35.7 Å². The highest BCUT2D eigenvalue weighted by Crippen LogP contribution is 2.30. The number of aromatic carboxylic acids is 1. The van der Waals surface area contributed by atoms with Crippen LogP contribution < -0.4 is 0 Å². The van der Waals surface area contributed by atoms with Crippen LogP contribution in [0.25, 0.3) is 0 Å². The number of benzene rings is 1. The van der Waals surface area contributed by atoms with E-state index in [0.29, 0.717) is 12.1 Å². The van der Waals surface area contributed by atoms with Gasteiger partial charge in [0, 0.05) is 13.1 Å². The summed E-state index contributed by atoms with van der Waals surface area (Å²) in [5.74, 6) is -0.799. The lowest BCUT2D eigenvalue weighted by molar-refractivity contribution is 0.0694. The number of carboxylic acid groups (broad SMARTS) is 1. The Morgan fingerprint density at radius 3 is 2.78 bits per heavy atom. The van der Waals surface area contributed by atoms with Crippen LogP contribution in [0.5, 0.6) is 0 Å². The van der Waals surface area contributed by atoms with Crippen LogP contribution in [0.4, 0.5) is 4.39 Å². The van der Waals surface area contributed by atoms with Gasteiger partial charge in [0.2, 0.25) is 0 Å². The molecule has 1 aromatic rings. The predicted octanol–water partition coefficient (Wildman–Crippen LogP) is 2.76. The monoisotopic (exact) mass is 251 g/mol. The average Bonchev–Trinajstić information content (AvgIpc) is 3.14. The van der Waals surface area contributed by atoms with Crippen molar-refractivity contribution in [2.24, 2.45) is 5.92 Å². The first-order valence-corrected chi connectivity index (χ1v) is 6.34. The van der Waals surface area contributed by atoms with E-state index in [1.807, 2.05) is 0 Å². The topological polar surface area (TPSA) is 40.5 Å². The summed E-state index contributed by atoms with van der Waals surface area (Å²) >= 11 is 0. The summed E-state index contributed by atoms with van der Waals surface area (Å²) in [6.07, 6.45) is 2.54. The molecule has 1 aliphatic carbocycles. The molecule has 4 heteroatoms. The van der Waals surface area contributed by atoms with Gasteiger partial charge in [-0.05, 0) is 43.0 Å². The van der Waals surface area contributed by atoms with Crippen molar-refractivity contribution in [3.05, 3.63) is 35.1 Å². The standard InChI is InChI=1S/C14H18FNO2/c1-2-16(8-10-3-4-10)9-11-5-6-12(15)7-13(11)14(17)18/h5-7,10H,2-4,8-9H2,1H3,(H,17,18). The van der Waals surface area contributed by atoms with Gasteiger partial charge < -0.3 is 5.11 Å². The van der Waals surface area contributed by atoms with E-state index in [4.69, 9.17) is 5.11 Å². The molecular weight excluding hydrogens is 233 g/mol. The number of carbonyl (C=O) groups is 1. The van der Waals surface area contributed by atoms with Crippen molar-refractivity contribution in [1.29, 1.82) is 0 Å². The maximum atomic E-state index is 13.1. The number of halogens is 1. The van der Waals surface area contributed by atoms with Crippen LogP contribution in [0, 0.1) is 11.7 Å². The van der Waals surface area contributed by atoms with Crippen LogP contribution in [0.2, 0.25) is 0 Å². The van der Waals surface area contributed by atoms with Gasteiger partial charge in [-0.15, -0.1) is 0 Å². The lowest BCUT2D eigenvalue weighted by atomic mass is 10.1. The Bertz CT molecular complexity index is 443. The van der Waals surface area contributed by atoms with E-state index in [1.54, 1.807) is 6.07 Å². The molecule has 0 spiro atoms. The molecule has 0 unspecified atom stereocenters. The zero-order chi connectivity index (χ0) is 13.1. The Morgan fingerprint density at radius 2 is 2.22 bits per heavy atom. The molecule has 0 aliphatic heterocycles. The quantitative estimate of drug-likeness (QED) is 0.845. The minimum atomic E-state index is -1.06. The largest absolute Gasteiger partial charge is 0.478 e. The highest BCUT2D eigenvalue weighted by molar-refractivity contribution is 5.89. The molecule has 1 aromatic carbocycles. The first-order valence-electron chi connectivity index (χ1n) is 6.34. The van der Waals surface area contributed by atoms with Crippen molar-refractivity contribution in [2.75, 3.05) is 13.1 Å². The SMILES string of the molecule is CCN(Cc1ccc(F)cc1C(=O)O)CC1CC1. The summed E-state index contributed by atoms with van der Waals surface area (Å²) in [6, 6.07) is 4.00. The van der Waals surface area contributed by atoms with Crippen molar-refractivity contribution < 1.29 is 14.3 Å². The number of nitrogens with zero attached hydrogens (tertiary/aromatic N) is 1. The van der Waals surface area contributed by atoms with Crippen molar-refractivity contribution >= 4 is 5.97 Å². The molecule has 1 N–H and O–H groups in total. The molecule has 0 radical (unpaired) electrons. The van der Waals surface area contributed by atoms with Gasteiger partial charge in [0.25, 0.3) is 0 Å². The molecule has 0 heterocycles. The summed E-state index contributed by atoms with van der Waals surface area (Å²) in [7, 11) is 0. The fourth-order valence-electron chi connectivity index (χ4n) is 2.10. The summed E-state index contributed by atoms with van der Waals surface area (Å²) in [4.78, 5) is 13.3. The van der Waals surface area contributed by atoms with E-state index >= 15 is 0 Å². The molecule has 0 aromatic heterocycles. The molecular formula is C14H18FNO2. The summed E-state index contributed by atoms with van der Waals surface area (Å²) < 4.78 is 13.1. The van der Waals surface area contributed by atoms with Gasteiger partial charge in [-0.25, -0.2) is 9.18 Å². The van der Waals surface area contributed by atoms with Gasteiger partial charge in [-0.3, -0.25) is 4.90 Å². The zero-order valence-corrected chi connectivity index (χ0v) is 10.5. The first-order chi connectivity index (χ1) is 8.60. The van der Waals surface area contributed by atoms with Crippen molar-refractivity contribution in [1.82, 2.24) is 4.90 Å². The second-order valence-electron chi connectivity index (χ2n) is 4.88. The summed E-state index contributed by atoms with van der Waals surface area (Å²) in [5.41, 5.74) is 0.760. The maximum absolute atomic E-state index is 13.1. The van der Waals surface area contributed by atoms with Crippen LogP contribution in [-0.4, -0.2) is 29.1 Å². The molecule has 98 valence electrons. The van der Waals surface area contributed by atoms with Crippen molar-refractivity contribution in [3.63, 3.8) is 0 Å². The summed E-state index contributed by atoms with van der Waals surface area (Å²) in [6.45, 7) is 4.53. The zero-order valence-electron chi connectivity index (χ0n) is 10.5. The Kier molecular flexibility index (Phi) is 3.97. The average molecular weight is 251 g/mol. The highest BCUT2D eigenvalue weighted by Gasteiger charge is 2.24. The molecule has 1 aliphatic rings. The smallest absolute Gasteiger partial charge is 0.336 e. The summed E-state index contributed by atoms with van der Waals surface area (Å²) in [5, 5.41) is 9.08. The van der Waals surface area contributed by atoms with Crippen LogP contribution in [0.15, 0.2) is 18.2 Å². The van der Waals surface area contributed by atoms with Gasteiger partial charge in [0.15, 0.2) is 0 Å². The van der Waals surface area contributed by atoms with Gasteiger partial charge >= 0.3 is 5.97 Å². The van der Waals surface area contributed by atoms with Crippen LogP contribution >= 0.6 is 0 Å². The third-order valence-corrected chi connectivity index (χ3v) is 3.36. The number of rotatable bonds is 6. The van der Waals surface area contributed by atoms with E-state index in [9.17, 15) is 9.18 Å². The van der Waals surface area contributed by atoms with E-state index in [1.165, 1.54) is 18.9 Å². The maximum Gasteiger partial charge on any atom is 0.336 e. The normalized spacial score (nSPS) is 15.1. The molecule has 1 fully saturated rings. The predicted molar refractivity (Wildman–Crippen MR) is 67.0 cm³/mol. The molecule has 0 amide bonds. The second-order valence-corrected chi connectivity index (χ2v) is 4.88. The van der Waals surface area contributed by atoms with Gasteiger partial charge in [-0.2, -0.15) is 0 Å². The third-order valence-electron chi connectivity index (χ3n) is 3.36. The lowest BCUT2D eigenvalue weighted by Gasteiger charge is -2.21. The van der Waals surface area contributed by atoms with Crippen LogP contribution in [0.3, 0.4) is 0 Å². The molecule has 0 bridgehead atoms. The lowest BCUT2D eigenvalue weighted by Crippen LogP contribution is -2.26. The Labute approximate surface area is 106 Å². The molecule has 3 nitrogen and oxygen atoms in total.